The van der Waals surface area contributed by atoms with E-state index in [9.17, 15) is 14.4 Å². The SMILES string of the molecule is O=C1CC2(CCN(C(=O)c3cc(-c4ccccc4)no3)C2)C(=O)N1. The van der Waals surface area contributed by atoms with Crippen LogP contribution in [0.25, 0.3) is 11.3 Å². The Kier molecular flexibility index (Phi) is 3.23. The minimum Gasteiger partial charge on any atom is -0.350 e. The molecule has 24 heavy (non-hydrogen) atoms. The summed E-state index contributed by atoms with van der Waals surface area (Å²) < 4.78 is 5.18. The molecule has 122 valence electrons. The van der Waals surface area contributed by atoms with Crippen LogP contribution in [0.15, 0.2) is 40.9 Å². The van der Waals surface area contributed by atoms with Crippen LogP contribution in [0.1, 0.15) is 23.4 Å². The highest BCUT2D eigenvalue weighted by Gasteiger charge is 2.52. The Morgan fingerprint density at radius 1 is 1.25 bits per heavy atom. The summed E-state index contributed by atoms with van der Waals surface area (Å²) in [6, 6.07) is 11.0. The van der Waals surface area contributed by atoms with Crippen molar-refractivity contribution in [2.75, 3.05) is 13.1 Å². The minimum atomic E-state index is -0.783. The molecule has 2 aliphatic rings. The lowest BCUT2D eigenvalue weighted by Crippen LogP contribution is -2.36. The van der Waals surface area contributed by atoms with Gasteiger partial charge in [-0.3, -0.25) is 19.7 Å². The lowest BCUT2D eigenvalue weighted by atomic mass is 9.85. The maximum Gasteiger partial charge on any atom is 0.292 e. The van der Waals surface area contributed by atoms with Crippen molar-refractivity contribution in [3.05, 3.63) is 42.2 Å². The lowest BCUT2D eigenvalue weighted by molar-refractivity contribution is -0.128. The van der Waals surface area contributed by atoms with Crippen molar-refractivity contribution in [1.29, 1.82) is 0 Å². The van der Waals surface area contributed by atoms with E-state index in [1.54, 1.807) is 11.0 Å². The summed E-state index contributed by atoms with van der Waals surface area (Å²) in [7, 11) is 0. The van der Waals surface area contributed by atoms with E-state index >= 15 is 0 Å². The number of hydrogen-bond donors (Lipinski definition) is 1. The minimum absolute atomic E-state index is 0.135. The third-order valence-corrected chi connectivity index (χ3v) is 4.67. The van der Waals surface area contributed by atoms with Gasteiger partial charge in [-0.1, -0.05) is 35.5 Å². The highest BCUT2D eigenvalue weighted by Crippen LogP contribution is 2.38. The zero-order valence-electron chi connectivity index (χ0n) is 12.8. The normalized spacial score (nSPS) is 23.1. The van der Waals surface area contributed by atoms with Crippen molar-refractivity contribution in [2.45, 2.75) is 12.8 Å². The molecule has 1 atom stereocenters. The Hall–Kier alpha value is -2.96. The van der Waals surface area contributed by atoms with Crippen LogP contribution >= 0.6 is 0 Å². The molecule has 7 nitrogen and oxygen atoms in total. The van der Waals surface area contributed by atoms with E-state index in [0.717, 1.165) is 5.56 Å². The third-order valence-electron chi connectivity index (χ3n) is 4.67. The van der Waals surface area contributed by atoms with Crippen molar-refractivity contribution in [1.82, 2.24) is 15.4 Å². The topological polar surface area (TPSA) is 92.5 Å². The van der Waals surface area contributed by atoms with E-state index in [0.29, 0.717) is 18.7 Å². The van der Waals surface area contributed by atoms with E-state index in [-0.39, 0.29) is 36.4 Å². The van der Waals surface area contributed by atoms with Gasteiger partial charge >= 0.3 is 0 Å². The number of carbonyl (C=O) groups is 3. The van der Waals surface area contributed by atoms with Gasteiger partial charge < -0.3 is 9.42 Å². The fourth-order valence-electron chi connectivity index (χ4n) is 3.34. The number of aromatic nitrogens is 1. The first-order valence-electron chi connectivity index (χ1n) is 7.73. The zero-order valence-corrected chi connectivity index (χ0v) is 12.8. The van der Waals surface area contributed by atoms with Crippen molar-refractivity contribution < 1.29 is 18.9 Å². The molecule has 1 N–H and O–H groups in total. The number of rotatable bonds is 2. The molecule has 1 spiro atoms. The van der Waals surface area contributed by atoms with Gasteiger partial charge in [0.15, 0.2) is 0 Å². The number of imide groups is 1. The van der Waals surface area contributed by atoms with Crippen LogP contribution < -0.4 is 5.32 Å². The Bertz CT molecular complexity index is 829. The fourth-order valence-corrected chi connectivity index (χ4v) is 3.34. The molecule has 0 saturated carbocycles. The first kappa shape index (κ1) is 14.6. The van der Waals surface area contributed by atoms with Crippen LogP contribution in [-0.2, 0) is 9.59 Å². The largest absolute Gasteiger partial charge is 0.350 e. The van der Waals surface area contributed by atoms with Crippen molar-refractivity contribution >= 4 is 17.7 Å². The number of likely N-dealkylation sites (tertiary alicyclic amines) is 1. The molecule has 2 aliphatic heterocycles. The van der Waals surface area contributed by atoms with Crippen LogP contribution in [0, 0.1) is 5.41 Å². The summed E-state index contributed by atoms with van der Waals surface area (Å²) in [5.41, 5.74) is 0.662. The van der Waals surface area contributed by atoms with E-state index < -0.39 is 5.41 Å². The second-order valence-corrected chi connectivity index (χ2v) is 6.25. The van der Waals surface area contributed by atoms with Gasteiger partial charge in [-0.25, -0.2) is 0 Å². The number of hydrogen-bond acceptors (Lipinski definition) is 5. The van der Waals surface area contributed by atoms with Gasteiger partial charge in [0, 0.05) is 31.1 Å². The summed E-state index contributed by atoms with van der Waals surface area (Å²) in [4.78, 5) is 37.6. The summed E-state index contributed by atoms with van der Waals surface area (Å²) in [6.45, 7) is 0.645. The maximum absolute atomic E-state index is 12.6. The standard InChI is InChI=1S/C17H15N3O4/c21-14-9-17(16(23)18-14)6-7-20(10-17)15(22)13-8-12(19-24-13)11-4-2-1-3-5-11/h1-5,8H,6-7,9-10H2,(H,18,21,23). The summed E-state index contributed by atoms with van der Waals surface area (Å²) in [6.07, 6.45) is 0.622. The molecule has 0 bridgehead atoms. The van der Waals surface area contributed by atoms with Gasteiger partial charge in [-0.05, 0) is 6.42 Å². The van der Waals surface area contributed by atoms with E-state index in [1.165, 1.54) is 0 Å². The smallest absolute Gasteiger partial charge is 0.292 e. The molecule has 4 rings (SSSR count). The molecule has 2 saturated heterocycles. The number of benzene rings is 1. The second kappa shape index (κ2) is 5.30. The molecule has 2 fully saturated rings. The summed E-state index contributed by atoms with van der Waals surface area (Å²) >= 11 is 0. The molecule has 0 radical (unpaired) electrons. The average molecular weight is 325 g/mol. The van der Waals surface area contributed by atoms with Gasteiger partial charge in [0.05, 0.1) is 5.41 Å². The van der Waals surface area contributed by atoms with Crippen LogP contribution in [0.3, 0.4) is 0 Å². The number of amides is 3. The highest BCUT2D eigenvalue weighted by atomic mass is 16.5. The molecule has 3 amide bonds. The first-order chi connectivity index (χ1) is 11.6. The predicted octanol–water partition coefficient (Wildman–Crippen LogP) is 1.22. The van der Waals surface area contributed by atoms with Gasteiger partial charge in [-0.2, -0.15) is 0 Å². The lowest BCUT2D eigenvalue weighted by Gasteiger charge is -2.19. The van der Waals surface area contributed by atoms with Gasteiger partial charge in [0.25, 0.3) is 5.91 Å². The third kappa shape index (κ3) is 2.29. The number of carbonyl (C=O) groups excluding carboxylic acids is 3. The van der Waals surface area contributed by atoms with Crippen LogP contribution in [0.2, 0.25) is 0 Å². The maximum atomic E-state index is 12.6. The second-order valence-electron chi connectivity index (χ2n) is 6.25. The average Bonchev–Trinajstić information content (AvgIpc) is 3.28. The Balaban J connectivity index is 1.52. The zero-order chi connectivity index (χ0) is 16.7. The van der Waals surface area contributed by atoms with Crippen molar-refractivity contribution in [2.24, 2.45) is 5.41 Å². The molecular formula is C17H15N3O4. The molecular weight excluding hydrogens is 310 g/mol. The molecule has 2 aromatic rings. The molecule has 1 aromatic carbocycles. The number of nitrogens with zero attached hydrogens (tertiary/aromatic N) is 2. The van der Waals surface area contributed by atoms with Crippen LogP contribution in [0.4, 0.5) is 0 Å². The quantitative estimate of drug-likeness (QED) is 0.838. The summed E-state index contributed by atoms with van der Waals surface area (Å²) in [5.74, 6) is -0.741. The van der Waals surface area contributed by atoms with Gasteiger partial charge in [-0.15, -0.1) is 0 Å². The molecule has 7 heteroatoms. The van der Waals surface area contributed by atoms with Gasteiger partial charge in [0.2, 0.25) is 17.6 Å². The van der Waals surface area contributed by atoms with Crippen LogP contribution in [0.5, 0.6) is 0 Å². The molecule has 1 aromatic heterocycles. The van der Waals surface area contributed by atoms with Crippen molar-refractivity contribution in [3.8, 4) is 11.3 Å². The Labute approximate surface area is 137 Å². The predicted molar refractivity (Wildman–Crippen MR) is 82.7 cm³/mol. The van der Waals surface area contributed by atoms with Gasteiger partial charge in [0.1, 0.15) is 5.69 Å². The first-order valence-corrected chi connectivity index (χ1v) is 7.73. The molecule has 0 aliphatic carbocycles. The van der Waals surface area contributed by atoms with E-state index in [4.69, 9.17) is 4.52 Å². The molecule has 3 heterocycles. The highest BCUT2D eigenvalue weighted by molar-refractivity contribution is 6.06. The van der Waals surface area contributed by atoms with Crippen molar-refractivity contribution in [3.63, 3.8) is 0 Å². The summed E-state index contributed by atoms with van der Waals surface area (Å²) in [5, 5.41) is 6.26. The number of nitrogens with one attached hydrogen (secondary N) is 1. The molecule has 1 unspecified atom stereocenters. The monoisotopic (exact) mass is 325 g/mol. The Morgan fingerprint density at radius 2 is 2.04 bits per heavy atom. The van der Waals surface area contributed by atoms with E-state index in [2.05, 4.69) is 10.5 Å². The fraction of sp³-hybridized carbons (Fsp3) is 0.294. The Morgan fingerprint density at radius 3 is 2.75 bits per heavy atom. The van der Waals surface area contributed by atoms with E-state index in [1.807, 2.05) is 30.3 Å². The van der Waals surface area contributed by atoms with Crippen LogP contribution in [-0.4, -0.2) is 40.9 Å².